The lowest BCUT2D eigenvalue weighted by Gasteiger charge is -2.27. The fourth-order valence-electron chi connectivity index (χ4n) is 3.89. The second-order valence-corrected chi connectivity index (χ2v) is 8.89. The number of rotatable bonds is 2. The number of carbonyl (C=O) groups excluding carboxylic acids is 1. The molecule has 4 rings (SSSR count). The highest BCUT2D eigenvalue weighted by atomic mass is 32.2. The van der Waals surface area contributed by atoms with E-state index in [1.54, 1.807) is 12.4 Å². The molecule has 0 saturated carbocycles. The Labute approximate surface area is 129 Å². The Morgan fingerprint density at radius 1 is 1.05 bits per heavy atom. The minimum atomic E-state index is -2.97. The van der Waals surface area contributed by atoms with Crippen LogP contribution in [0.25, 0.3) is 10.8 Å². The SMILES string of the molecule is O=C(c1ccc2cnccc2c1)C1CC2CCC(C1)S2(=O)=O. The van der Waals surface area contributed by atoms with Crippen LogP contribution in [-0.2, 0) is 9.84 Å². The molecule has 114 valence electrons. The maximum absolute atomic E-state index is 12.8. The van der Waals surface area contributed by atoms with Crippen molar-refractivity contribution in [2.45, 2.75) is 36.2 Å². The molecule has 1 aromatic carbocycles. The Bertz CT molecular complexity index is 839. The van der Waals surface area contributed by atoms with E-state index < -0.39 is 9.84 Å². The fourth-order valence-corrected chi connectivity index (χ4v) is 6.37. The Kier molecular flexibility index (Phi) is 3.08. The standard InChI is InChI=1S/C17H17NO3S/c19-17(12-1-2-13-10-18-6-5-11(13)7-12)14-8-15-3-4-16(9-14)22(15,20)21/h1-2,5-7,10,14-16H,3-4,8-9H2. The molecule has 2 aliphatic heterocycles. The predicted molar refractivity (Wildman–Crippen MR) is 84.5 cm³/mol. The van der Waals surface area contributed by atoms with Crippen LogP contribution in [0, 0.1) is 5.92 Å². The number of ketones is 1. The van der Waals surface area contributed by atoms with E-state index in [4.69, 9.17) is 0 Å². The van der Waals surface area contributed by atoms with Gasteiger partial charge in [0.2, 0.25) is 0 Å². The first kappa shape index (κ1) is 13.9. The fraction of sp³-hybridized carbons (Fsp3) is 0.412. The highest BCUT2D eigenvalue weighted by Gasteiger charge is 2.48. The summed E-state index contributed by atoms with van der Waals surface area (Å²) in [6.07, 6.45) is 5.92. The number of sulfone groups is 1. The van der Waals surface area contributed by atoms with Gasteiger partial charge in [-0.15, -0.1) is 0 Å². The molecule has 22 heavy (non-hydrogen) atoms. The summed E-state index contributed by atoms with van der Waals surface area (Å²) >= 11 is 0. The zero-order valence-corrected chi connectivity index (χ0v) is 12.9. The van der Waals surface area contributed by atoms with E-state index in [1.165, 1.54) is 0 Å². The van der Waals surface area contributed by atoms with Gasteiger partial charge in [0.05, 0.1) is 10.5 Å². The van der Waals surface area contributed by atoms with Crippen molar-refractivity contribution in [3.05, 3.63) is 42.2 Å². The van der Waals surface area contributed by atoms with Gasteiger partial charge in [0.15, 0.2) is 15.6 Å². The molecule has 2 atom stereocenters. The Morgan fingerprint density at radius 3 is 2.50 bits per heavy atom. The van der Waals surface area contributed by atoms with Gasteiger partial charge < -0.3 is 0 Å². The summed E-state index contributed by atoms with van der Waals surface area (Å²) in [5.74, 6) is -0.0641. The minimum absolute atomic E-state index is 0.0884. The van der Waals surface area contributed by atoms with Gasteiger partial charge >= 0.3 is 0 Å². The van der Waals surface area contributed by atoms with E-state index in [0.29, 0.717) is 18.4 Å². The number of fused-ring (bicyclic) bond motifs is 3. The molecule has 2 bridgehead atoms. The van der Waals surface area contributed by atoms with Crippen molar-refractivity contribution in [3.8, 4) is 0 Å². The molecule has 0 aliphatic carbocycles. The zero-order valence-electron chi connectivity index (χ0n) is 12.1. The summed E-state index contributed by atoms with van der Waals surface area (Å²) in [6.45, 7) is 0. The smallest absolute Gasteiger partial charge is 0.166 e. The van der Waals surface area contributed by atoms with E-state index in [0.717, 1.165) is 23.6 Å². The van der Waals surface area contributed by atoms with Crippen molar-refractivity contribution in [2.75, 3.05) is 0 Å². The van der Waals surface area contributed by atoms with Gasteiger partial charge in [-0.3, -0.25) is 9.78 Å². The van der Waals surface area contributed by atoms with Gasteiger partial charge in [-0.25, -0.2) is 8.42 Å². The minimum Gasteiger partial charge on any atom is -0.294 e. The maximum atomic E-state index is 12.8. The number of Topliss-reactive ketones (excluding diaryl/α,β-unsaturated/α-hetero) is 1. The van der Waals surface area contributed by atoms with Gasteiger partial charge in [0.1, 0.15) is 0 Å². The van der Waals surface area contributed by atoms with Gasteiger partial charge in [-0.2, -0.15) is 0 Å². The van der Waals surface area contributed by atoms with E-state index in [1.807, 2.05) is 24.3 Å². The number of benzene rings is 1. The second-order valence-electron chi connectivity index (χ2n) is 6.38. The third kappa shape index (κ3) is 2.07. The summed E-state index contributed by atoms with van der Waals surface area (Å²) < 4.78 is 24.3. The number of aromatic nitrogens is 1. The molecular weight excluding hydrogens is 298 g/mol. The molecule has 0 N–H and O–H groups in total. The van der Waals surface area contributed by atoms with Crippen LogP contribution in [0.4, 0.5) is 0 Å². The molecule has 0 spiro atoms. The first-order valence-corrected chi connectivity index (χ1v) is 9.27. The van der Waals surface area contributed by atoms with E-state index in [-0.39, 0.29) is 22.2 Å². The topological polar surface area (TPSA) is 64.1 Å². The maximum Gasteiger partial charge on any atom is 0.166 e. The predicted octanol–water partition coefficient (Wildman–Crippen LogP) is 2.77. The quantitative estimate of drug-likeness (QED) is 0.799. The molecular formula is C17H17NO3S. The normalized spacial score (nSPS) is 29.5. The van der Waals surface area contributed by atoms with Crippen molar-refractivity contribution >= 4 is 26.4 Å². The van der Waals surface area contributed by atoms with Crippen molar-refractivity contribution in [1.82, 2.24) is 4.98 Å². The van der Waals surface area contributed by atoms with Crippen LogP contribution in [0.3, 0.4) is 0 Å². The summed E-state index contributed by atoms with van der Waals surface area (Å²) in [5.41, 5.74) is 0.683. The monoisotopic (exact) mass is 315 g/mol. The van der Waals surface area contributed by atoms with Crippen molar-refractivity contribution < 1.29 is 13.2 Å². The third-order valence-corrected chi connectivity index (χ3v) is 7.85. The largest absolute Gasteiger partial charge is 0.294 e. The summed E-state index contributed by atoms with van der Waals surface area (Å²) in [7, 11) is -2.97. The van der Waals surface area contributed by atoms with Crippen LogP contribution in [0.1, 0.15) is 36.0 Å². The molecule has 0 amide bonds. The molecule has 2 saturated heterocycles. The van der Waals surface area contributed by atoms with Crippen LogP contribution in [-0.4, -0.2) is 29.7 Å². The first-order valence-electron chi connectivity index (χ1n) is 7.66. The second kappa shape index (κ2) is 4.88. The van der Waals surface area contributed by atoms with Crippen LogP contribution in [0.2, 0.25) is 0 Å². The average Bonchev–Trinajstić information content (AvgIpc) is 2.72. The van der Waals surface area contributed by atoms with E-state index in [2.05, 4.69) is 4.98 Å². The molecule has 1 aromatic heterocycles. The number of hydrogen-bond donors (Lipinski definition) is 0. The summed E-state index contributed by atoms with van der Waals surface area (Å²) in [5, 5.41) is 1.40. The summed E-state index contributed by atoms with van der Waals surface area (Å²) in [6, 6.07) is 7.52. The number of pyridine rings is 1. The molecule has 2 aliphatic rings. The molecule has 3 heterocycles. The molecule has 4 nitrogen and oxygen atoms in total. The highest BCUT2D eigenvalue weighted by molar-refractivity contribution is 7.93. The van der Waals surface area contributed by atoms with Crippen LogP contribution in [0.5, 0.6) is 0 Å². The van der Waals surface area contributed by atoms with Gasteiger partial charge in [-0.05, 0) is 43.2 Å². The Balaban J connectivity index is 1.64. The molecule has 2 unspecified atom stereocenters. The lowest BCUT2D eigenvalue weighted by Crippen LogP contribution is -2.36. The van der Waals surface area contributed by atoms with Crippen molar-refractivity contribution in [2.24, 2.45) is 5.92 Å². The van der Waals surface area contributed by atoms with Crippen LogP contribution in [0.15, 0.2) is 36.7 Å². The highest BCUT2D eigenvalue weighted by Crippen LogP contribution is 2.42. The lowest BCUT2D eigenvalue weighted by atomic mass is 9.90. The molecule has 2 aromatic rings. The summed E-state index contributed by atoms with van der Waals surface area (Å²) in [4.78, 5) is 16.8. The van der Waals surface area contributed by atoms with Crippen molar-refractivity contribution in [3.63, 3.8) is 0 Å². The van der Waals surface area contributed by atoms with Crippen LogP contribution < -0.4 is 0 Å². The van der Waals surface area contributed by atoms with Crippen molar-refractivity contribution in [1.29, 1.82) is 0 Å². The van der Waals surface area contributed by atoms with E-state index >= 15 is 0 Å². The molecule has 2 fully saturated rings. The molecule has 5 heteroatoms. The Morgan fingerprint density at radius 2 is 1.77 bits per heavy atom. The average molecular weight is 315 g/mol. The van der Waals surface area contributed by atoms with Gasteiger partial charge in [0.25, 0.3) is 0 Å². The molecule has 0 radical (unpaired) electrons. The Hall–Kier alpha value is -1.75. The van der Waals surface area contributed by atoms with Gasteiger partial charge in [0, 0.05) is 29.3 Å². The number of carbonyl (C=O) groups is 1. The number of nitrogens with zero attached hydrogens (tertiary/aromatic N) is 1. The third-order valence-electron chi connectivity index (χ3n) is 5.13. The zero-order chi connectivity index (χ0) is 15.3. The lowest BCUT2D eigenvalue weighted by molar-refractivity contribution is 0.0905. The van der Waals surface area contributed by atoms with E-state index in [9.17, 15) is 13.2 Å². The van der Waals surface area contributed by atoms with Crippen LogP contribution >= 0.6 is 0 Å². The first-order chi connectivity index (χ1) is 10.6. The van der Waals surface area contributed by atoms with Gasteiger partial charge in [-0.1, -0.05) is 12.1 Å². The number of hydrogen-bond acceptors (Lipinski definition) is 4.